The number of hydrogen-bond donors (Lipinski definition) is 2. The number of carbonyl (C=O) groups excluding carboxylic acids is 2. The highest BCUT2D eigenvalue weighted by atomic mass is 19.3. The molecule has 1 saturated carbocycles. The topological polar surface area (TPSA) is 76.1 Å². The molecule has 9 heteroatoms. The van der Waals surface area contributed by atoms with Crippen molar-refractivity contribution in [3.63, 3.8) is 0 Å². The van der Waals surface area contributed by atoms with Crippen LogP contribution in [0.5, 0.6) is 0 Å². The number of nitrogens with zero attached hydrogens (tertiary/aromatic N) is 3. The van der Waals surface area contributed by atoms with E-state index < -0.39 is 29.9 Å². The predicted molar refractivity (Wildman–Crippen MR) is 144 cm³/mol. The summed E-state index contributed by atoms with van der Waals surface area (Å²) in [4.78, 5) is 31.9. The maximum atomic E-state index is 14.7. The van der Waals surface area contributed by atoms with E-state index in [0.717, 1.165) is 0 Å². The molecule has 2 N–H and O–H groups in total. The Kier molecular flexibility index (Phi) is 6.62. The summed E-state index contributed by atoms with van der Waals surface area (Å²) in [6.45, 7) is 4.24. The number of aliphatic hydroxyl groups is 1. The number of amides is 2. The van der Waals surface area contributed by atoms with Crippen LogP contribution in [0.2, 0.25) is 0 Å². The molecule has 3 aliphatic heterocycles. The van der Waals surface area contributed by atoms with E-state index in [0.29, 0.717) is 75.2 Å². The fourth-order valence-electron chi connectivity index (χ4n) is 6.49. The van der Waals surface area contributed by atoms with Gasteiger partial charge in [-0.15, -0.1) is 0 Å². The van der Waals surface area contributed by atoms with Crippen LogP contribution < -0.4 is 10.2 Å². The third-order valence-corrected chi connectivity index (χ3v) is 9.28. The highest BCUT2D eigenvalue weighted by Crippen LogP contribution is 2.61. The van der Waals surface area contributed by atoms with E-state index in [2.05, 4.69) is 17.4 Å². The van der Waals surface area contributed by atoms with E-state index >= 15 is 0 Å². The highest BCUT2D eigenvalue weighted by molar-refractivity contribution is 6.03. The van der Waals surface area contributed by atoms with E-state index in [9.17, 15) is 23.5 Å². The van der Waals surface area contributed by atoms with Crippen LogP contribution in [0.4, 0.5) is 14.5 Å². The lowest BCUT2D eigenvalue weighted by Gasteiger charge is -2.39. The van der Waals surface area contributed by atoms with Crippen LogP contribution in [0.3, 0.4) is 0 Å². The number of aliphatic hydroxyl groups excluding tert-OH is 1. The zero-order chi connectivity index (χ0) is 27.4. The standard InChI is InChI=1S/C30H36F2N4O3/c1-2-34-13-14-35(18-26(37)24-15-20-5-3-4-6-22(20)17-33-24)28(39)23-8-7-21(16-25(23)34)27(38)36-12-11-29(9-10-29)30(31,32)19-36/h3-8,16,24,26,33,37H,2,9-15,17-19H2,1H3. The van der Waals surface area contributed by atoms with Crippen molar-refractivity contribution in [2.45, 2.75) is 57.2 Å². The summed E-state index contributed by atoms with van der Waals surface area (Å²) in [5.41, 5.74) is 2.94. The smallest absolute Gasteiger partial charge is 0.270 e. The Hall–Kier alpha value is -3.04. The Morgan fingerprint density at radius 1 is 1.08 bits per heavy atom. The molecule has 6 rings (SSSR count). The average Bonchev–Trinajstić information content (AvgIpc) is 3.75. The van der Waals surface area contributed by atoms with Crippen molar-refractivity contribution in [1.29, 1.82) is 0 Å². The molecule has 208 valence electrons. The summed E-state index contributed by atoms with van der Waals surface area (Å²) in [7, 11) is 0. The molecule has 2 aromatic rings. The second-order valence-electron chi connectivity index (χ2n) is 11.6. The summed E-state index contributed by atoms with van der Waals surface area (Å²) in [5.74, 6) is -3.48. The van der Waals surface area contributed by atoms with Gasteiger partial charge in [0.25, 0.3) is 17.7 Å². The van der Waals surface area contributed by atoms with Gasteiger partial charge in [-0.3, -0.25) is 9.59 Å². The molecule has 2 fully saturated rings. The van der Waals surface area contributed by atoms with Crippen LogP contribution in [-0.4, -0.2) is 84.1 Å². The zero-order valence-corrected chi connectivity index (χ0v) is 22.3. The summed E-state index contributed by atoms with van der Waals surface area (Å²) in [6, 6.07) is 12.9. The Labute approximate surface area is 227 Å². The number of likely N-dealkylation sites (tertiary alicyclic amines) is 1. The van der Waals surface area contributed by atoms with Crippen molar-refractivity contribution in [3.05, 3.63) is 64.7 Å². The van der Waals surface area contributed by atoms with Gasteiger partial charge >= 0.3 is 0 Å². The number of carbonyl (C=O) groups is 2. The van der Waals surface area contributed by atoms with E-state index in [-0.39, 0.29) is 18.5 Å². The predicted octanol–water partition coefficient (Wildman–Crippen LogP) is 3.31. The Morgan fingerprint density at radius 2 is 1.82 bits per heavy atom. The largest absolute Gasteiger partial charge is 0.390 e. The Morgan fingerprint density at radius 3 is 2.54 bits per heavy atom. The molecular weight excluding hydrogens is 502 g/mol. The van der Waals surface area contributed by atoms with Crippen LogP contribution in [0.25, 0.3) is 0 Å². The third-order valence-electron chi connectivity index (χ3n) is 9.28. The quantitative estimate of drug-likeness (QED) is 0.611. The molecule has 2 atom stereocenters. The van der Waals surface area contributed by atoms with Crippen LogP contribution in [0.1, 0.15) is 58.0 Å². The molecule has 3 heterocycles. The molecule has 1 spiro atoms. The molecule has 4 aliphatic rings. The van der Waals surface area contributed by atoms with Gasteiger partial charge in [0.05, 0.1) is 23.9 Å². The van der Waals surface area contributed by atoms with Crippen LogP contribution in [0, 0.1) is 5.41 Å². The molecule has 7 nitrogen and oxygen atoms in total. The fourth-order valence-corrected chi connectivity index (χ4v) is 6.49. The molecule has 0 radical (unpaired) electrons. The lowest BCUT2D eigenvalue weighted by atomic mass is 9.89. The molecule has 2 aromatic carbocycles. The summed E-state index contributed by atoms with van der Waals surface area (Å²) in [5, 5.41) is 14.5. The number of rotatable bonds is 5. The summed E-state index contributed by atoms with van der Waals surface area (Å²) < 4.78 is 29.5. The first-order valence-corrected chi connectivity index (χ1v) is 14.0. The second kappa shape index (κ2) is 9.86. The minimum Gasteiger partial charge on any atom is -0.390 e. The van der Waals surface area contributed by atoms with Gasteiger partial charge in [0.15, 0.2) is 0 Å². The number of anilines is 1. The summed E-state index contributed by atoms with van der Waals surface area (Å²) >= 11 is 0. The normalized spacial score (nSPS) is 24.2. The van der Waals surface area contributed by atoms with Crippen LogP contribution >= 0.6 is 0 Å². The fraction of sp³-hybridized carbons (Fsp3) is 0.533. The number of benzene rings is 2. The number of piperidine rings is 1. The van der Waals surface area contributed by atoms with Crippen molar-refractivity contribution in [3.8, 4) is 0 Å². The first kappa shape index (κ1) is 26.2. The third kappa shape index (κ3) is 4.69. The maximum Gasteiger partial charge on any atom is 0.270 e. The van der Waals surface area contributed by atoms with E-state index in [1.54, 1.807) is 23.1 Å². The van der Waals surface area contributed by atoms with E-state index in [1.165, 1.54) is 16.0 Å². The Bertz CT molecular complexity index is 1280. The van der Waals surface area contributed by atoms with Gasteiger partial charge < -0.3 is 25.1 Å². The zero-order valence-electron chi connectivity index (χ0n) is 22.3. The SMILES string of the molecule is CCN1CCN(CC(O)C2Cc3ccccc3CN2)C(=O)c2ccc(C(=O)N3CCC4(CC4)C(F)(F)C3)cc21. The van der Waals surface area contributed by atoms with Crippen molar-refractivity contribution in [2.75, 3.05) is 44.2 Å². The number of halogens is 2. The summed E-state index contributed by atoms with van der Waals surface area (Å²) in [6.07, 6.45) is 1.34. The molecule has 1 aliphatic carbocycles. The Balaban J connectivity index is 1.18. The average molecular weight is 539 g/mol. The molecule has 2 amide bonds. The second-order valence-corrected chi connectivity index (χ2v) is 11.6. The number of alkyl halides is 2. The first-order valence-electron chi connectivity index (χ1n) is 14.0. The molecule has 0 aromatic heterocycles. The van der Waals surface area contributed by atoms with Crippen molar-refractivity contribution < 1.29 is 23.5 Å². The van der Waals surface area contributed by atoms with Crippen molar-refractivity contribution in [2.24, 2.45) is 5.41 Å². The van der Waals surface area contributed by atoms with Crippen LogP contribution in [0.15, 0.2) is 42.5 Å². The number of likely N-dealkylation sites (N-methyl/N-ethyl adjacent to an activating group) is 1. The minimum atomic E-state index is -2.87. The molecule has 0 bridgehead atoms. The maximum absolute atomic E-state index is 14.7. The number of β-amino-alcohol motifs (C(OH)–C–C–N with tert-alkyl or cyclic N) is 1. The van der Waals surface area contributed by atoms with Gasteiger partial charge in [-0.2, -0.15) is 0 Å². The lowest BCUT2D eigenvalue weighted by Crippen LogP contribution is -2.51. The first-order chi connectivity index (χ1) is 18.7. The van der Waals surface area contributed by atoms with Gasteiger partial charge in [-0.1, -0.05) is 24.3 Å². The number of nitrogens with one attached hydrogen (secondary N) is 1. The molecular formula is C30H36F2N4O3. The van der Waals surface area contributed by atoms with Crippen LogP contribution in [-0.2, 0) is 13.0 Å². The monoisotopic (exact) mass is 538 g/mol. The van der Waals surface area contributed by atoms with E-state index in [4.69, 9.17) is 0 Å². The van der Waals surface area contributed by atoms with Gasteiger partial charge in [0.2, 0.25) is 0 Å². The van der Waals surface area contributed by atoms with Gasteiger partial charge in [0, 0.05) is 56.3 Å². The molecule has 39 heavy (non-hydrogen) atoms. The number of fused-ring (bicyclic) bond motifs is 2. The highest BCUT2D eigenvalue weighted by Gasteiger charge is 2.64. The van der Waals surface area contributed by atoms with Crippen molar-refractivity contribution in [1.82, 2.24) is 15.1 Å². The molecule has 2 unspecified atom stereocenters. The van der Waals surface area contributed by atoms with Gasteiger partial charge in [-0.05, 0) is 61.9 Å². The lowest BCUT2D eigenvalue weighted by molar-refractivity contribution is -0.116. The van der Waals surface area contributed by atoms with Gasteiger partial charge in [-0.25, -0.2) is 8.78 Å². The van der Waals surface area contributed by atoms with Gasteiger partial charge in [0.1, 0.15) is 0 Å². The van der Waals surface area contributed by atoms with E-state index in [1.807, 2.05) is 24.0 Å². The molecule has 1 saturated heterocycles. The minimum absolute atomic E-state index is 0.157. The number of hydrogen-bond acceptors (Lipinski definition) is 5. The van der Waals surface area contributed by atoms with Crippen molar-refractivity contribution >= 4 is 17.5 Å².